The van der Waals surface area contributed by atoms with Crippen LogP contribution in [-0.4, -0.2) is 11.0 Å². The predicted molar refractivity (Wildman–Crippen MR) is 103 cm³/mol. The Balaban J connectivity index is 1.79. The molecule has 1 atom stereocenters. The van der Waals surface area contributed by atoms with Gasteiger partial charge in [-0.3, -0.25) is 4.79 Å². The monoisotopic (exact) mass is 435 g/mol. The van der Waals surface area contributed by atoms with Crippen molar-refractivity contribution in [3.63, 3.8) is 0 Å². The number of anilines is 1. The molecule has 0 unspecified atom stereocenters. The number of alkyl halides is 3. The van der Waals surface area contributed by atoms with E-state index in [-0.39, 0.29) is 22.7 Å². The third-order valence-electron chi connectivity index (χ3n) is 5.08. The quantitative estimate of drug-likeness (QED) is 0.569. The summed E-state index contributed by atoms with van der Waals surface area (Å²) in [7, 11) is 0. The molecular formula is C22H14ClF4NO2. The van der Waals surface area contributed by atoms with Gasteiger partial charge in [-0.15, -0.1) is 0 Å². The van der Waals surface area contributed by atoms with E-state index in [1.165, 1.54) is 35.2 Å². The van der Waals surface area contributed by atoms with Crippen LogP contribution >= 0.6 is 11.6 Å². The van der Waals surface area contributed by atoms with Gasteiger partial charge in [0.15, 0.2) is 5.60 Å². The molecule has 0 fully saturated rings. The van der Waals surface area contributed by atoms with Crippen LogP contribution in [0, 0.1) is 5.82 Å². The molecule has 1 aliphatic heterocycles. The Bertz CT molecular complexity index is 1110. The third-order valence-corrected chi connectivity index (χ3v) is 5.31. The topological polar surface area (TPSA) is 40.5 Å². The van der Waals surface area contributed by atoms with Crippen LogP contribution in [0.5, 0.6) is 0 Å². The second-order valence-electron chi connectivity index (χ2n) is 6.96. The van der Waals surface area contributed by atoms with Gasteiger partial charge in [0.05, 0.1) is 17.8 Å². The van der Waals surface area contributed by atoms with E-state index in [9.17, 15) is 27.5 Å². The first-order chi connectivity index (χ1) is 14.1. The van der Waals surface area contributed by atoms with E-state index >= 15 is 0 Å². The zero-order valence-corrected chi connectivity index (χ0v) is 16.0. The van der Waals surface area contributed by atoms with Gasteiger partial charge in [-0.25, -0.2) is 4.39 Å². The van der Waals surface area contributed by atoms with Gasteiger partial charge in [-0.2, -0.15) is 13.2 Å². The first kappa shape index (κ1) is 20.4. The molecule has 3 aromatic carbocycles. The van der Waals surface area contributed by atoms with E-state index in [0.717, 1.165) is 24.3 Å². The average Bonchev–Trinajstić information content (AvgIpc) is 2.91. The number of benzene rings is 3. The lowest BCUT2D eigenvalue weighted by Gasteiger charge is -2.24. The number of amides is 1. The van der Waals surface area contributed by atoms with E-state index in [1.54, 1.807) is 12.1 Å². The van der Waals surface area contributed by atoms with Crippen LogP contribution in [0.2, 0.25) is 5.02 Å². The van der Waals surface area contributed by atoms with E-state index in [2.05, 4.69) is 0 Å². The SMILES string of the molecule is O=C1N(Cc2ccc(F)cc2)c2ccc(Cl)cc2[C@]1(O)c1ccc(C(F)(F)F)cc1. The lowest BCUT2D eigenvalue weighted by molar-refractivity contribution is -0.137. The molecule has 3 nitrogen and oxygen atoms in total. The summed E-state index contributed by atoms with van der Waals surface area (Å²) in [5.74, 6) is -1.16. The fourth-order valence-electron chi connectivity index (χ4n) is 3.56. The highest BCUT2D eigenvalue weighted by Gasteiger charge is 2.51. The lowest BCUT2D eigenvalue weighted by Crippen LogP contribution is -2.40. The zero-order valence-electron chi connectivity index (χ0n) is 15.3. The fourth-order valence-corrected chi connectivity index (χ4v) is 3.73. The summed E-state index contributed by atoms with van der Waals surface area (Å²) in [6.07, 6.45) is -4.54. The van der Waals surface area contributed by atoms with Gasteiger partial charge < -0.3 is 10.0 Å². The van der Waals surface area contributed by atoms with Gasteiger partial charge in [-0.05, 0) is 53.6 Å². The number of carbonyl (C=O) groups excluding carboxylic acids is 1. The minimum Gasteiger partial charge on any atom is -0.372 e. The highest BCUT2D eigenvalue weighted by molar-refractivity contribution is 6.31. The molecule has 0 radical (unpaired) electrons. The molecule has 30 heavy (non-hydrogen) atoms. The number of aliphatic hydroxyl groups is 1. The van der Waals surface area contributed by atoms with Gasteiger partial charge in [0.25, 0.3) is 5.91 Å². The van der Waals surface area contributed by atoms with Crippen molar-refractivity contribution < 1.29 is 27.5 Å². The summed E-state index contributed by atoms with van der Waals surface area (Å²) in [6.45, 7) is 0.0384. The number of nitrogens with zero attached hydrogens (tertiary/aromatic N) is 1. The number of carbonyl (C=O) groups is 1. The molecule has 0 bridgehead atoms. The van der Waals surface area contributed by atoms with Crippen LogP contribution in [0.15, 0.2) is 66.7 Å². The van der Waals surface area contributed by atoms with Crippen molar-refractivity contribution in [1.82, 2.24) is 0 Å². The maximum atomic E-state index is 13.3. The zero-order chi connectivity index (χ0) is 21.7. The molecule has 1 N–H and O–H groups in total. The smallest absolute Gasteiger partial charge is 0.372 e. The van der Waals surface area contributed by atoms with E-state index in [0.29, 0.717) is 11.3 Å². The van der Waals surface area contributed by atoms with Crippen molar-refractivity contribution in [2.24, 2.45) is 0 Å². The van der Waals surface area contributed by atoms with Crippen molar-refractivity contribution in [3.8, 4) is 0 Å². The number of hydrogen-bond donors (Lipinski definition) is 1. The van der Waals surface area contributed by atoms with Gasteiger partial charge in [-0.1, -0.05) is 35.9 Å². The second-order valence-corrected chi connectivity index (χ2v) is 7.40. The van der Waals surface area contributed by atoms with Crippen LogP contribution in [0.25, 0.3) is 0 Å². The Morgan fingerprint density at radius 1 is 0.967 bits per heavy atom. The summed E-state index contributed by atoms with van der Waals surface area (Å²) < 4.78 is 51.9. The molecule has 0 aromatic heterocycles. The molecule has 1 aliphatic rings. The molecule has 0 aliphatic carbocycles. The normalized spacial score (nSPS) is 18.6. The minimum atomic E-state index is -4.54. The number of hydrogen-bond acceptors (Lipinski definition) is 2. The van der Waals surface area contributed by atoms with E-state index < -0.39 is 29.1 Å². The van der Waals surface area contributed by atoms with Crippen molar-refractivity contribution in [3.05, 3.63) is 99.8 Å². The standard InChI is InChI=1S/C22H14ClF4NO2/c23-16-7-10-19-18(11-16)21(30,14-3-5-15(6-4-14)22(25,26)27)20(29)28(19)12-13-1-8-17(24)9-2-13/h1-11,30H,12H2/t21-/m1/s1. The second kappa shape index (κ2) is 7.11. The average molecular weight is 436 g/mol. The Morgan fingerprint density at radius 3 is 2.20 bits per heavy atom. The summed E-state index contributed by atoms with van der Waals surface area (Å²) in [5.41, 5.74) is -1.95. The molecule has 8 heteroatoms. The van der Waals surface area contributed by atoms with Crippen LogP contribution in [0.3, 0.4) is 0 Å². The molecular weight excluding hydrogens is 422 g/mol. The largest absolute Gasteiger partial charge is 0.416 e. The molecule has 1 heterocycles. The Hall–Kier alpha value is -2.90. The van der Waals surface area contributed by atoms with Crippen LogP contribution in [0.1, 0.15) is 22.3 Å². The maximum absolute atomic E-state index is 13.3. The van der Waals surface area contributed by atoms with Gasteiger partial charge in [0.1, 0.15) is 5.82 Å². The molecule has 0 spiro atoms. The van der Waals surface area contributed by atoms with Crippen LogP contribution < -0.4 is 4.90 Å². The third kappa shape index (κ3) is 3.34. The van der Waals surface area contributed by atoms with Crippen molar-refractivity contribution in [1.29, 1.82) is 0 Å². The molecule has 3 aromatic rings. The van der Waals surface area contributed by atoms with E-state index in [1.807, 2.05) is 0 Å². The maximum Gasteiger partial charge on any atom is 0.416 e. The molecule has 154 valence electrons. The van der Waals surface area contributed by atoms with Gasteiger partial charge in [0.2, 0.25) is 0 Å². The summed E-state index contributed by atoms with van der Waals surface area (Å²) in [4.78, 5) is 14.6. The van der Waals surface area contributed by atoms with Gasteiger partial charge >= 0.3 is 6.18 Å². The Morgan fingerprint density at radius 2 is 1.60 bits per heavy atom. The van der Waals surface area contributed by atoms with E-state index in [4.69, 9.17) is 11.6 Å². The summed E-state index contributed by atoms with van der Waals surface area (Å²) in [6, 6.07) is 13.8. The lowest BCUT2D eigenvalue weighted by atomic mass is 9.87. The minimum absolute atomic E-state index is 0.00868. The van der Waals surface area contributed by atoms with Crippen molar-refractivity contribution in [2.45, 2.75) is 18.3 Å². The molecule has 0 saturated carbocycles. The van der Waals surface area contributed by atoms with Crippen molar-refractivity contribution in [2.75, 3.05) is 4.90 Å². The highest BCUT2D eigenvalue weighted by atomic mass is 35.5. The Kier molecular flexibility index (Phi) is 4.83. The highest BCUT2D eigenvalue weighted by Crippen LogP contribution is 2.46. The number of halogens is 5. The number of fused-ring (bicyclic) bond motifs is 1. The predicted octanol–water partition coefficient (Wildman–Crippen LogP) is 5.28. The van der Waals surface area contributed by atoms with Crippen LogP contribution in [-0.2, 0) is 23.1 Å². The summed E-state index contributed by atoms with van der Waals surface area (Å²) >= 11 is 6.06. The first-order valence-electron chi connectivity index (χ1n) is 8.87. The summed E-state index contributed by atoms with van der Waals surface area (Å²) in [5, 5.41) is 11.7. The first-order valence-corrected chi connectivity index (χ1v) is 9.25. The Labute approximate surface area is 174 Å². The fraction of sp³-hybridized carbons (Fsp3) is 0.136. The van der Waals surface area contributed by atoms with Crippen molar-refractivity contribution >= 4 is 23.2 Å². The van der Waals surface area contributed by atoms with Gasteiger partial charge in [0, 0.05) is 10.6 Å². The van der Waals surface area contributed by atoms with Crippen LogP contribution in [0.4, 0.5) is 23.2 Å². The number of rotatable bonds is 3. The molecule has 4 rings (SSSR count). The molecule has 1 amide bonds. The molecule has 0 saturated heterocycles.